The number of ether oxygens (including phenoxy) is 1. The molecule has 0 radical (unpaired) electrons. The Balaban J connectivity index is 1.88. The first-order chi connectivity index (χ1) is 7.54. The summed E-state index contributed by atoms with van der Waals surface area (Å²) in [5.74, 6) is 0.916. The summed E-state index contributed by atoms with van der Waals surface area (Å²) < 4.78 is 7.48. The standard InChI is InChI=1S/C12H21N3O/c1-12(2,3)9-13-8-10-7-11-15(14-10)5-4-6-16-11/h7,13H,4-6,8-9H2,1-3H3. The topological polar surface area (TPSA) is 39.1 Å². The molecule has 0 bridgehead atoms. The van der Waals surface area contributed by atoms with Gasteiger partial charge in [-0.25, -0.2) is 4.68 Å². The summed E-state index contributed by atoms with van der Waals surface area (Å²) in [6.45, 7) is 10.3. The maximum atomic E-state index is 5.52. The number of nitrogens with one attached hydrogen (secondary N) is 1. The van der Waals surface area contributed by atoms with Gasteiger partial charge in [-0.1, -0.05) is 20.8 Å². The highest BCUT2D eigenvalue weighted by Gasteiger charge is 2.14. The molecule has 0 saturated heterocycles. The van der Waals surface area contributed by atoms with Crippen LogP contribution in [0.3, 0.4) is 0 Å². The minimum absolute atomic E-state index is 0.315. The summed E-state index contributed by atoms with van der Waals surface area (Å²) in [6.07, 6.45) is 1.06. The zero-order chi connectivity index (χ0) is 11.6. The van der Waals surface area contributed by atoms with Gasteiger partial charge in [0.2, 0.25) is 5.88 Å². The first-order valence-electron chi connectivity index (χ1n) is 5.95. The quantitative estimate of drug-likeness (QED) is 0.849. The summed E-state index contributed by atoms with van der Waals surface area (Å²) in [5.41, 5.74) is 1.39. The van der Waals surface area contributed by atoms with Crippen LogP contribution in [0, 0.1) is 5.41 Å². The number of fused-ring (bicyclic) bond motifs is 1. The third kappa shape index (κ3) is 2.98. The maximum absolute atomic E-state index is 5.52. The molecule has 0 amide bonds. The van der Waals surface area contributed by atoms with Gasteiger partial charge in [-0.15, -0.1) is 0 Å². The molecule has 0 saturated carbocycles. The Kier molecular flexibility index (Phi) is 3.19. The lowest BCUT2D eigenvalue weighted by Gasteiger charge is -2.18. The second-order valence-corrected chi connectivity index (χ2v) is 5.56. The molecule has 0 unspecified atom stereocenters. The van der Waals surface area contributed by atoms with E-state index in [-0.39, 0.29) is 0 Å². The van der Waals surface area contributed by atoms with Crippen molar-refractivity contribution in [2.75, 3.05) is 13.2 Å². The molecule has 0 atom stereocenters. The van der Waals surface area contributed by atoms with Gasteiger partial charge in [0, 0.05) is 32.1 Å². The van der Waals surface area contributed by atoms with Gasteiger partial charge in [0.15, 0.2) is 0 Å². The van der Waals surface area contributed by atoms with E-state index < -0.39 is 0 Å². The van der Waals surface area contributed by atoms with Gasteiger partial charge in [-0.3, -0.25) is 0 Å². The Morgan fingerprint density at radius 1 is 1.50 bits per heavy atom. The van der Waals surface area contributed by atoms with Gasteiger partial charge >= 0.3 is 0 Å². The van der Waals surface area contributed by atoms with E-state index in [1.165, 1.54) is 0 Å². The van der Waals surface area contributed by atoms with Crippen LogP contribution in [0.5, 0.6) is 5.88 Å². The van der Waals surface area contributed by atoms with Crippen molar-refractivity contribution in [2.24, 2.45) is 5.41 Å². The highest BCUT2D eigenvalue weighted by atomic mass is 16.5. The molecule has 4 nitrogen and oxygen atoms in total. The lowest BCUT2D eigenvalue weighted by atomic mass is 9.97. The molecule has 2 rings (SSSR count). The van der Waals surface area contributed by atoms with Crippen molar-refractivity contribution in [1.29, 1.82) is 0 Å². The van der Waals surface area contributed by atoms with Gasteiger partial charge in [0.05, 0.1) is 12.3 Å². The van der Waals surface area contributed by atoms with E-state index in [4.69, 9.17) is 4.74 Å². The Labute approximate surface area is 97.0 Å². The van der Waals surface area contributed by atoms with Crippen molar-refractivity contribution in [2.45, 2.75) is 40.3 Å². The Bertz CT molecular complexity index is 328. The van der Waals surface area contributed by atoms with Crippen molar-refractivity contribution >= 4 is 0 Å². The average molecular weight is 223 g/mol. The minimum Gasteiger partial charge on any atom is -0.478 e. The molecule has 16 heavy (non-hydrogen) atoms. The summed E-state index contributed by atoms with van der Waals surface area (Å²) in [4.78, 5) is 0. The minimum atomic E-state index is 0.315. The van der Waals surface area contributed by atoms with E-state index >= 15 is 0 Å². The fourth-order valence-corrected chi connectivity index (χ4v) is 1.77. The zero-order valence-electron chi connectivity index (χ0n) is 10.4. The number of hydrogen-bond acceptors (Lipinski definition) is 3. The van der Waals surface area contributed by atoms with E-state index in [0.29, 0.717) is 5.41 Å². The fourth-order valence-electron chi connectivity index (χ4n) is 1.77. The van der Waals surface area contributed by atoms with Crippen LogP contribution < -0.4 is 10.1 Å². The molecule has 1 N–H and O–H groups in total. The van der Waals surface area contributed by atoms with E-state index in [9.17, 15) is 0 Å². The Morgan fingerprint density at radius 3 is 3.00 bits per heavy atom. The van der Waals surface area contributed by atoms with Crippen LogP contribution in [-0.2, 0) is 13.1 Å². The number of nitrogens with zero attached hydrogens (tertiary/aromatic N) is 2. The normalized spacial score (nSPS) is 15.7. The zero-order valence-corrected chi connectivity index (χ0v) is 10.4. The summed E-state index contributed by atoms with van der Waals surface area (Å²) in [6, 6.07) is 2.04. The molecule has 0 spiro atoms. The maximum Gasteiger partial charge on any atom is 0.212 e. The van der Waals surface area contributed by atoms with Crippen molar-refractivity contribution < 1.29 is 4.74 Å². The monoisotopic (exact) mass is 223 g/mol. The van der Waals surface area contributed by atoms with Crippen LogP contribution in [0.25, 0.3) is 0 Å². The second kappa shape index (κ2) is 4.45. The van der Waals surface area contributed by atoms with E-state index in [0.717, 1.165) is 44.2 Å². The predicted molar refractivity (Wildman–Crippen MR) is 63.5 cm³/mol. The summed E-state index contributed by atoms with van der Waals surface area (Å²) in [7, 11) is 0. The Hall–Kier alpha value is -1.03. The molecule has 1 aliphatic heterocycles. The largest absolute Gasteiger partial charge is 0.478 e. The van der Waals surface area contributed by atoms with Crippen LogP contribution in [0.4, 0.5) is 0 Å². The van der Waals surface area contributed by atoms with Gasteiger partial charge < -0.3 is 10.1 Å². The van der Waals surface area contributed by atoms with Crippen LogP contribution >= 0.6 is 0 Å². The number of aromatic nitrogens is 2. The van der Waals surface area contributed by atoms with Gasteiger partial charge in [-0.05, 0) is 5.41 Å². The van der Waals surface area contributed by atoms with Crippen molar-refractivity contribution in [3.8, 4) is 5.88 Å². The molecule has 1 aliphatic rings. The highest BCUT2D eigenvalue weighted by molar-refractivity contribution is 5.17. The molecule has 0 aromatic carbocycles. The van der Waals surface area contributed by atoms with Gasteiger partial charge in [-0.2, -0.15) is 5.10 Å². The van der Waals surface area contributed by atoms with E-state index in [1.54, 1.807) is 0 Å². The molecule has 90 valence electrons. The molecule has 0 aliphatic carbocycles. The lowest BCUT2D eigenvalue weighted by molar-refractivity contribution is 0.230. The molecule has 1 aromatic heterocycles. The van der Waals surface area contributed by atoms with Crippen molar-refractivity contribution in [3.63, 3.8) is 0 Å². The predicted octanol–water partition coefficient (Wildman–Crippen LogP) is 1.80. The number of hydrogen-bond donors (Lipinski definition) is 1. The van der Waals surface area contributed by atoms with Crippen molar-refractivity contribution in [3.05, 3.63) is 11.8 Å². The molecule has 4 heteroatoms. The third-order valence-electron chi connectivity index (χ3n) is 2.52. The van der Waals surface area contributed by atoms with Crippen LogP contribution in [0.15, 0.2) is 6.07 Å². The molecule has 0 fully saturated rings. The molecule has 2 heterocycles. The first-order valence-corrected chi connectivity index (χ1v) is 5.95. The second-order valence-electron chi connectivity index (χ2n) is 5.56. The number of aryl methyl sites for hydroxylation is 1. The molecular formula is C12H21N3O. The van der Waals surface area contributed by atoms with Gasteiger partial charge in [0.1, 0.15) is 0 Å². The van der Waals surface area contributed by atoms with Crippen LogP contribution in [-0.4, -0.2) is 22.9 Å². The highest BCUT2D eigenvalue weighted by Crippen LogP contribution is 2.18. The number of rotatable bonds is 3. The molecule has 1 aromatic rings. The first kappa shape index (κ1) is 11.5. The summed E-state index contributed by atoms with van der Waals surface area (Å²) >= 11 is 0. The summed E-state index contributed by atoms with van der Waals surface area (Å²) in [5, 5.41) is 7.92. The lowest BCUT2D eigenvalue weighted by Crippen LogP contribution is -2.26. The Morgan fingerprint density at radius 2 is 2.31 bits per heavy atom. The third-order valence-corrected chi connectivity index (χ3v) is 2.52. The fraction of sp³-hybridized carbons (Fsp3) is 0.750. The van der Waals surface area contributed by atoms with E-state index in [1.807, 2.05) is 10.7 Å². The van der Waals surface area contributed by atoms with Crippen LogP contribution in [0.2, 0.25) is 0 Å². The smallest absolute Gasteiger partial charge is 0.212 e. The van der Waals surface area contributed by atoms with Crippen molar-refractivity contribution in [1.82, 2.24) is 15.1 Å². The van der Waals surface area contributed by atoms with E-state index in [2.05, 4.69) is 31.2 Å². The average Bonchev–Trinajstić information content (AvgIpc) is 2.57. The van der Waals surface area contributed by atoms with Gasteiger partial charge in [0.25, 0.3) is 0 Å². The molecular weight excluding hydrogens is 202 g/mol. The SMILES string of the molecule is CC(C)(C)CNCc1cc2n(n1)CCCO2. The van der Waals surface area contributed by atoms with Crippen LogP contribution in [0.1, 0.15) is 32.9 Å².